The minimum absolute atomic E-state index is 0. The first kappa shape index (κ1) is 13.8. The number of halogens is 1. The van der Waals surface area contributed by atoms with Crippen LogP contribution in [0.4, 0.5) is 0 Å². The summed E-state index contributed by atoms with van der Waals surface area (Å²) in [6, 6.07) is 4.78. The van der Waals surface area contributed by atoms with E-state index in [2.05, 4.69) is 4.74 Å². The van der Waals surface area contributed by atoms with E-state index in [1.807, 2.05) is 12.1 Å². The molecule has 0 unspecified atom stereocenters. The Balaban J connectivity index is 0.00000289. The first-order valence-corrected chi connectivity index (χ1v) is 4.90. The van der Waals surface area contributed by atoms with Crippen LogP contribution in [0.5, 0.6) is 5.75 Å². The lowest BCUT2D eigenvalue weighted by atomic mass is 10.0. The van der Waals surface area contributed by atoms with Gasteiger partial charge in [0.2, 0.25) is 0 Å². The predicted molar refractivity (Wildman–Crippen MR) is 68.7 cm³/mol. The molecule has 0 bridgehead atoms. The molecule has 0 aromatic heterocycles. The van der Waals surface area contributed by atoms with Crippen molar-refractivity contribution >= 4 is 18.4 Å². The minimum Gasteiger partial charge on any atom is -0.496 e. The van der Waals surface area contributed by atoms with Crippen molar-refractivity contribution in [2.75, 3.05) is 14.2 Å². The van der Waals surface area contributed by atoms with E-state index in [0.29, 0.717) is 12.2 Å². The monoisotopic (exact) mass is 260 g/mol. The first-order valence-electron chi connectivity index (χ1n) is 5.61. The average molecular weight is 261 g/mol. The molecule has 0 amide bonds. The summed E-state index contributed by atoms with van der Waals surface area (Å²) in [6.07, 6.45) is 0.390. The van der Waals surface area contributed by atoms with E-state index in [1.54, 1.807) is 13.2 Å². The van der Waals surface area contributed by atoms with E-state index in [-0.39, 0.29) is 19.3 Å². The molecule has 0 aliphatic rings. The van der Waals surface area contributed by atoms with Gasteiger partial charge in [0.05, 0.1) is 14.2 Å². The highest BCUT2D eigenvalue weighted by molar-refractivity contribution is 5.85. The summed E-state index contributed by atoms with van der Waals surface area (Å²) in [6.45, 7) is 0.159. The summed E-state index contributed by atoms with van der Waals surface area (Å²) in [5.74, 6) is 0.211. The SMILES string of the molecule is Cl.[2H]Cc1ccc(C[C@H](N)C(=O)OC)cc1OC. The second-order valence-electron chi connectivity index (χ2n) is 3.48. The van der Waals surface area contributed by atoms with Gasteiger partial charge in [0.25, 0.3) is 0 Å². The highest BCUT2D eigenvalue weighted by Gasteiger charge is 2.14. The number of carbonyl (C=O) groups excluding carboxylic acids is 1. The molecular formula is C12H18ClNO3. The molecule has 96 valence electrons. The topological polar surface area (TPSA) is 61.6 Å². The number of hydrogen-bond donors (Lipinski definition) is 1. The van der Waals surface area contributed by atoms with Gasteiger partial charge in [-0.15, -0.1) is 12.4 Å². The van der Waals surface area contributed by atoms with Gasteiger partial charge >= 0.3 is 5.97 Å². The number of hydrogen-bond acceptors (Lipinski definition) is 4. The van der Waals surface area contributed by atoms with Crippen molar-refractivity contribution in [1.29, 1.82) is 0 Å². The van der Waals surface area contributed by atoms with Crippen LogP contribution >= 0.6 is 12.4 Å². The van der Waals surface area contributed by atoms with Crippen LogP contribution in [0.2, 0.25) is 0 Å². The number of nitrogens with two attached hydrogens (primary N) is 1. The standard InChI is InChI=1S/C12H17NO3.ClH/c1-8-4-5-9(7-11(8)15-2)6-10(13)12(14)16-3;/h4-5,7,10H,6,13H2,1-3H3;1H/t10-;/m0./s1/i1D;. The van der Waals surface area contributed by atoms with Gasteiger partial charge in [-0.25, -0.2) is 0 Å². The van der Waals surface area contributed by atoms with Gasteiger partial charge in [-0.2, -0.15) is 0 Å². The van der Waals surface area contributed by atoms with Gasteiger partial charge in [-0.3, -0.25) is 4.79 Å². The molecule has 1 atom stereocenters. The molecule has 0 heterocycles. The van der Waals surface area contributed by atoms with Gasteiger partial charge in [-0.05, 0) is 30.5 Å². The molecule has 1 aromatic rings. The van der Waals surface area contributed by atoms with E-state index in [0.717, 1.165) is 11.1 Å². The zero-order chi connectivity index (χ0) is 12.8. The van der Waals surface area contributed by atoms with Crippen LogP contribution < -0.4 is 10.5 Å². The number of aryl methyl sites for hydroxylation is 1. The first-order chi connectivity index (χ1) is 8.12. The number of ether oxygens (including phenoxy) is 2. The van der Waals surface area contributed by atoms with E-state index >= 15 is 0 Å². The maximum atomic E-state index is 11.2. The van der Waals surface area contributed by atoms with Crippen LogP contribution in [0.1, 0.15) is 12.5 Å². The van der Waals surface area contributed by atoms with Gasteiger partial charge < -0.3 is 15.2 Å². The highest BCUT2D eigenvalue weighted by Crippen LogP contribution is 2.19. The van der Waals surface area contributed by atoms with Crippen molar-refractivity contribution in [3.8, 4) is 5.75 Å². The van der Waals surface area contributed by atoms with E-state index in [1.165, 1.54) is 7.11 Å². The van der Waals surface area contributed by atoms with Gasteiger partial charge in [-0.1, -0.05) is 12.1 Å². The third kappa shape index (κ3) is 4.24. The molecule has 0 aliphatic carbocycles. The Morgan fingerprint density at radius 2 is 2.24 bits per heavy atom. The lowest BCUT2D eigenvalue weighted by Gasteiger charge is -2.11. The van der Waals surface area contributed by atoms with Gasteiger partial charge in [0.15, 0.2) is 0 Å². The van der Waals surface area contributed by atoms with Crippen LogP contribution in [0.3, 0.4) is 0 Å². The Morgan fingerprint density at radius 3 is 2.76 bits per heavy atom. The molecule has 0 saturated carbocycles. The van der Waals surface area contributed by atoms with E-state index in [9.17, 15) is 4.79 Å². The van der Waals surface area contributed by atoms with Crippen LogP contribution in [0, 0.1) is 6.90 Å². The summed E-state index contributed by atoms with van der Waals surface area (Å²) in [7, 11) is 2.87. The number of carbonyl (C=O) groups is 1. The number of esters is 1. The molecule has 5 heteroatoms. The molecule has 1 aromatic carbocycles. The van der Waals surface area contributed by atoms with Crippen LogP contribution in [0.25, 0.3) is 0 Å². The summed E-state index contributed by atoms with van der Waals surface area (Å²) in [4.78, 5) is 11.2. The van der Waals surface area contributed by atoms with Crippen molar-refractivity contribution in [2.45, 2.75) is 19.4 Å². The highest BCUT2D eigenvalue weighted by atomic mass is 35.5. The largest absolute Gasteiger partial charge is 0.496 e. The maximum Gasteiger partial charge on any atom is 0.322 e. The Hall–Kier alpha value is -1.26. The molecular weight excluding hydrogens is 242 g/mol. The van der Waals surface area contributed by atoms with Crippen LogP contribution in [-0.2, 0) is 16.0 Å². The fourth-order valence-electron chi connectivity index (χ4n) is 1.40. The lowest BCUT2D eigenvalue weighted by Crippen LogP contribution is -2.33. The fraction of sp³-hybridized carbons (Fsp3) is 0.417. The second kappa shape index (κ2) is 7.14. The minimum atomic E-state index is -0.674. The van der Waals surface area contributed by atoms with Crippen molar-refractivity contribution in [3.63, 3.8) is 0 Å². The number of rotatable bonds is 4. The molecule has 0 fully saturated rings. The Bertz CT molecular complexity index is 401. The molecule has 4 nitrogen and oxygen atoms in total. The van der Waals surface area contributed by atoms with Crippen LogP contribution in [0.15, 0.2) is 18.2 Å². The van der Waals surface area contributed by atoms with Crippen molar-refractivity contribution in [1.82, 2.24) is 0 Å². The molecule has 0 aliphatic heterocycles. The average Bonchev–Trinajstić information content (AvgIpc) is 2.37. The Labute approximate surface area is 109 Å². The van der Waals surface area contributed by atoms with Crippen molar-refractivity contribution in [2.24, 2.45) is 5.73 Å². The Kier molecular flexibility index (Phi) is 5.80. The van der Waals surface area contributed by atoms with Crippen molar-refractivity contribution < 1.29 is 15.6 Å². The molecule has 0 saturated heterocycles. The second-order valence-corrected chi connectivity index (χ2v) is 3.48. The molecule has 2 N–H and O–H groups in total. The number of benzene rings is 1. The third-order valence-corrected chi connectivity index (χ3v) is 2.31. The third-order valence-electron chi connectivity index (χ3n) is 2.31. The summed E-state index contributed by atoms with van der Waals surface area (Å²) in [5.41, 5.74) is 7.36. The summed E-state index contributed by atoms with van der Waals surface area (Å²) in [5, 5.41) is 0. The normalized spacial score (nSPS) is 12.1. The smallest absolute Gasteiger partial charge is 0.322 e. The van der Waals surface area contributed by atoms with Gasteiger partial charge in [0.1, 0.15) is 11.8 Å². The quantitative estimate of drug-likeness (QED) is 0.833. The van der Waals surface area contributed by atoms with Crippen LogP contribution in [-0.4, -0.2) is 26.2 Å². The molecule has 1 rings (SSSR count). The summed E-state index contributed by atoms with van der Waals surface area (Å²) < 4.78 is 17.0. The van der Waals surface area contributed by atoms with E-state index in [4.69, 9.17) is 11.8 Å². The fourth-order valence-corrected chi connectivity index (χ4v) is 1.40. The Morgan fingerprint density at radius 1 is 1.53 bits per heavy atom. The summed E-state index contributed by atoms with van der Waals surface area (Å²) >= 11 is 0. The van der Waals surface area contributed by atoms with Gasteiger partial charge in [0, 0.05) is 1.37 Å². The van der Waals surface area contributed by atoms with E-state index < -0.39 is 12.0 Å². The molecule has 0 spiro atoms. The zero-order valence-corrected chi connectivity index (χ0v) is 10.8. The number of methoxy groups -OCH3 is 2. The van der Waals surface area contributed by atoms with Crippen molar-refractivity contribution in [3.05, 3.63) is 29.3 Å². The molecule has 17 heavy (non-hydrogen) atoms. The zero-order valence-electron chi connectivity index (χ0n) is 10.9. The lowest BCUT2D eigenvalue weighted by molar-refractivity contribution is -0.142. The predicted octanol–water partition coefficient (Wildman–Crippen LogP) is 1.47. The maximum absolute atomic E-state index is 11.2. The molecule has 0 radical (unpaired) electrons.